The third-order valence-electron chi connectivity index (χ3n) is 2.41. The van der Waals surface area contributed by atoms with Crippen LogP contribution in [0, 0.1) is 20.2 Å². The monoisotopic (exact) mass is 280 g/mol. The molecule has 0 N–H and O–H groups in total. The van der Waals surface area contributed by atoms with Gasteiger partial charge in [-0.1, -0.05) is 12.6 Å². The molecule has 1 rings (SSSR count). The number of rotatable bonds is 6. The first kappa shape index (κ1) is 15.3. The molecule has 0 saturated carbocycles. The maximum Gasteiger partial charge on any atom is 0.346 e. The van der Waals surface area contributed by atoms with Gasteiger partial charge in [-0.3, -0.25) is 20.2 Å². The summed E-state index contributed by atoms with van der Waals surface area (Å²) in [4.78, 5) is 30.9. The van der Waals surface area contributed by atoms with Gasteiger partial charge < -0.3 is 4.74 Å². The zero-order valence-corrected chi connectivity index (χ0v) is 10.7. The molecule has 1 aromatic rings. The number of nitro groups is 2. The smallest absolute Gasteiger partial charge is 0.346 e. The minimum absolute atomic E-state index is 0.0145. The second-order valence-corrected chi connectivity index (χ2v) is 4.00. The highest BCUT2D eigenvalue weighted by Gasteiger charge is 2.23. The van der Waals surface area contributed by atoms with Crippen LogP contribution in [0.3, 0.4) is 0 Å². The van der Waals surface area contributed by atoms with Crippen molar-refractivity contribution >= 4 is 17.3 Å². The highest BCUT2D eigenvalue weighted by atomic mass is 16.6. The van der Waals surface area contributed by atoms with E-state index in [1.807, 2.05) is 0 Å². The maximum absolute atomic E-state index is 11.1. The van der Waals surface area contributed by atoms with Crippen molar-refractivity contribution in [3.8, 4) is 0 Å². The number of ether oxygens (including phenoxy) is 1. The fourth-order valence-corrected chi connectivity index (χ4v) is 1.41. The second-order valence-electron chi connectivity index (χ2n) is 4.00. The molecule has 0 heterocycles. The summed E-state index contributed by atoms with van der Waals surface area (Å²) >= 11 is 0. The SMILES string of the molecule is C=C(C)C(=O)OCCc1ccc([N+](=O)[O-])c([N+](=O)[O-])c1. The maximum atomic E-state index is 11.1. The lowest BCUT2D eigenvalue weighted by Crippen LogP contribution is -2.08. The van der Waals surface area contributed by atoms with Crippen molar-refractivity contribution in [2.45, 2.75) is 13.3 Å². The molecule has 0 aliphatic rings. The Bertz CT molecular complexity index is 581. The van der Waals surface area contributed by atoms with Crippen molar-refractivity contribution < 1.29 is 19.4 Å². The quantitative estimate of drug-likeness (QED) is 0.341. The summed E-state index contributed by atoms with van der Waals surface area (Å²) in [5, 5.41) is 21.4. The molecule has 0 bridgehead atoms. The fourth-order valence-electron chi connectivity index (χ4n) is 1.41. The average molecular weight is 280 g/mol. The van der Waals surface area contributed by atoms with E-state index < -0.39 is 27.2 Å². The van der Waals surface area contributed by atoms with Crippen LogP contribution in [0.1, 0.15) is 12.5 Å². The van der Waals surface area contributed by atoms with Crippen LogP contribution in [0.15, 0.2) is 30.4 Å². The molecule has 8 nitrogen and oxygen atoms in total. The van der Waals surface area contributed by atoms with Gasteiger partial charge in [0, 0.05) is 24.1 Å². The van der Waals surface area contributed by atoms with Gasteiger partial charge in [0.05, 0.1) is 16.5 Å². The third kappa shape index (κ3) is 3.87. The van der Waals surface area contributed by atoms with E-state index in [1.54, 1.807) is 0 Å². The Labute approximate surface area is 114 Å². The summed E-state index contributed by atoms with van der Waals surface area (Å²) < 4.78 is 4.84. The zero-order chi connectivity index (χ0) is 15.3. The third-order valence-corrected chi connectivity index (χ3v) is 2.41. The summed E-state index contributed by atoms with van der Waals surface area (Å²) in [5.41, 5.74) is -0.437. The molecule has 0 fully saturated rings. The van der Waals surface area contributed by atoms with Crippen LogP contribution < -0.4 is 0 Å². The van der Waals surface area contributed by atoms with Gasteiger partial charge in [-0.05, 0) is 12.5 Å². The number of nitro benzene ring substituents is 2. The largest absolute Gasteiger partial charge is 0.462 e. The van der Waals surface area contributed by atoms with Crippen LogP contribution in [0.4, 0.5) is 11.4 Å². The molecule has 0 atom stereocenters. The average Bonchev–Trinajstić information content (AvgIpc) is 2.37. The normalized spacial score (nSPS) is 9.85. The Hall–Kier alpha value is -2.77. The molecular weight excluding hydrogens is 268 g/mol. The second kappa shape index (κ2) is 6.41. The van der Waals surface area contributed by atoms with Gasteiger partial charge >= 0.3 is 17.3 Å². The van der Waals surface area contributed by atoms with Crippen LogP contribution in [-0.2, 0) is 16.0 Å². The molecule has 0 unspecified atom stereocenters. The number of carbonyl (C=O) groups is 1. The molecule has 0 aliphatic carbocycles. The van der Waals surface area contributed by atoms with Crippen LogP contribution in [0.2, 0.25) is 0 Å². The molecule has 0 aromatic heterocycles. The molecule has 106 valence electrons. The molecule has 1 aromatic carbocycles. The predicted octanol–water partition coefficient (Wildman–Crippen LogP) is 2.16. The molecule has 0 aliphatic heterocycles. The van der Waals surface area contributed by atoms with Crippen molar-refractivity contribution in [3.05, 3.63) is 56.1 Å². The Balaban J connectivity index is 2.80. The van der Waals surface area contributed by atoms with Crippen LogP contribution in [0.25, 0.3) is 0 Å². The van der Waals surface area contributed by atoms with Gasteiger partial charge in [-0.15, -0.1) is 0 Å². The van der Waals surface area contributed by atoms with Gasteiger partial charge in [0.15, 0.2) is 0 Å². The number of hydrogen-bond donors (Lipinski definition) is 0. The van der Waals surface area contributed by atoms with Gasteiger partial charge in [0.25, 0.3) is 0 Å². The van der Waals surface area contributed by atoms with Gasteiger partial charge in [0.1, 0.15) is 0 Å². The molecule has 8 heteroatoms. The lowest BCUT2D eigenvalue weighted by atomic mass is 10.1. The molecular formula is C12H12N2O6. The fraction of sp³-hybridized carbons (Fsp3) is 0.250. The van der Waals surface area contributed by atoms with Crippen LogP contribution >= 0.6 is 0 Å². The Morgan fingerprint density at radius 1 is 1.25 bits per heavy atom. The van der Waals surface area contributed by atoms with E-state index in [-0.39, 0.29) is 18.6 Å². The zero-order valence-electron chi connectivity index (χ0n) is 10.7. The first-order valence-electron chi connectivity index (χ1n) is 5.57. The Morgan fingerprint density at radius 3 is 2.35 bits per heavy atom. The van der Waals surface area contributed by atoms with Gasteiger partial charge in [-0.25, -0.2) is 4.79 Å². The van der Waals surface area contributed by atoms with Crippen LogP contribution in [0.5, 0.6) is 0 Å². The molecule has 0 amide bonds. The highest BCUT2D eigenvalue weighted by molar-refractivity contribution is 5.86. The number of hydrogen-bond acceptors (Lipinski definition) is 6. The van der Waals surface area contributed by atoms with Crippen molar-refractivity contribution in [1.29, 1.82) is 0 Å². The van der Waals surface area contributed by atoms with E-state index in [2.05, 4.69) is 6.58 Å². The number of carbonyl (C=O) groups excluding carboxylic acids is 1. The first-order chi connectivity index (χ1) is 9.32. The molecule has 0 saturated heterocycles. The first-order valence-corrected chi connectivity index (χ1v) is 5.57. The van der Waals surface area contributed by atoms with E-state index >= 15 is 0 Å². The number of esters is 1. The van der Waals surface area contributed by atoms with E-state index in [0.717, 1.165) is 12.1 Å². The summed E-state index contributed by atoms with van der Waals surface area (Å²) in [6, 6.07) is 3.56. The molecule has 20 heavy (non-hydrogen) atoms. The van der Waals surface area contributed by atoms with Crippen LogP contribution in [-0.4, -0.2) is 22.4 Å². The molecule has 0 spiro atoms. The van der Waals surface area contributed by atoms with E-state index in [4.69, 9.17) is 4.74 Å². The predicted molar refractivity (Wildman–Crippen MR) is 69.2 cm³/mol. The molecule has 0 radical (unpaired) electrons. The minimum atomic E-state index is -0.818. The van der Waals surface area contributed by atoms with Crippen molar-refractivity contribution in [1.82, 2.24) is 0 Å². The lowest BCUT2D eigenvalue weighted by Gasteiger charge is -2.04. The van der Waals surface area contributed by atoms with E-state index in [9.17, 15) is 25.0 Å². The van der Waals surface area contributed by atoms with Crippen molar-refractivity contribution in [3.63, 3.8) is 0 Å². The Morgan fingerprint density at radius 2 is 1.85 bits per heavy atom. The van der Waals surface area contributed by atoms with Gasteiger partial charge in [0.2, 0.25) is 0 Å². The summed E-state index contributed by atoms with van der Waals surface area (Å²) in [7, 11) is 0. The Kier molecular flexibility index (Phi) is 4.90. The minimum Gasteiger partial charge on any atom is -0.462 e. The standard InChI is InChI=1S/C12H12N2O6/c1-8(2)12(15)20-6-5-9-3-4-10(13(16)17)11(7-9)14(18)19/h3-4,7H,1,5-6H2,2H3. The summed E-state index contributed by atoms with van der Waals surface area (Å²) in [5.74, 6) is -0.554. The number of benzene rings is 1. The highest BCUT2D eigenvalue weighted by Crippen LogP contribution is 2.27. The lowest BCUT2D eigenvalue weighted by molar-refractivity contribution is -0.422. The summed E-state index contributed by atoms with van der Waals surface area (Å²) in [6.45, 7) is 4.92. The number of nitrogens with zero attached hydrogens (tertiary/aromatic N) is 2. The van der Waals surface area contributed by atoms with Crippen molar-refractivity contribution in [2.24, 2.45) is 0 Å². The topological polar surface area (TPSA) is 113 Å². The summed E-state index contributed by atoms with van der Waals surface area (Å²) in [6.07, 6.45) is 0.220. The van der Waals surface area contributed by atoms with E-state index in [1.165, 1.54) is 13.0 Å². The van der Waals surface area contributed by atoms with E-state index in [0.29, 0.717) is 5.56 Å². The van der Waals surface area contributed by atoms with Gasteiger partial charge in [-0.2, -0.15) is 0 Å². The van der Waals surface area contributed by atoms with Crippen molar-refractivity contribution in [2.75, 3.05) is 6.61 Å².